The Hall–Kier alpha value is -1.39. The lowest BCUT2D eigenvalue weighted by Crippen LogP contribution is -2.18. The molecule has 0 amide bonds. The number of benzene rings is 2. The average Bonchev–Trinajstić information content (AvgIpc) is 2.36. The Morgan fingerprint density at radius 1 is 1.11 bits per heavy atom. The SMILES string of the molecule is CN(Cc1ccc(Br)cc1N)Cc1ccccc1F. The highest BCUT2D eigenvalue weighted by molar-refractivity contribution is 9.10. The van der Waals surface area contributed by atoms with Crippen molar-refractivity contribution < 1.29 is 4.39 Å². The highest BCUT2D eigenvalue weighted by Gasteiger charge is 2.07. The third kappa shape index (κ3) is 3.78. The van der Waals surface area contributed by atoms with Gasteiger partial charge in [-0.05, 0) is 30.8 Å². The molecule has 4 heteroatoms. The molecule has 0 saturated carbocycles. The van der Waals surface area contributed by atoms with Gasteiger partial charge in [0.1, 0.15) is 5.82 Å². The van der Waals surface area contributed by atoms with Crippen LogP contribution in [-0.2, 0) is 13.1 Å². The fourth-order valence-corrected chi connectivity index (χ4v) is 2.35. The number of halogens is 2. The van der Waals surface area contributed by atoms with E-state index in [0.29, 0.717) is 18.7 Å². The van der Waals surface area contributed by atoms with Gasteiger partial charge in [0.25, 0.3) is 0 Å². The minimum absolute atomic E-state index is 0.168. The van der Waals surface area contributed by atoms with Crippen LogP contribution in [0, 0.1) is 5.82 Å². The predicted octanol–water partition coefficient (Wildman–Crippen LogP) is 3.80. The molecule has 2 aromatic carbocycles. The monoisotopic (exact) mass is 322 g/mol. The van der Waals surface area contributed by atoms with E-state index in [-0.39, 0.29) is 5.82 Å². The van der Waals surface area contributed by atoms with Crippen LogP contribution in [0.4, 0.5) is 10.1 Å². The molecule has 19 heavy (non-hydrogen) atoms. The van der Waals surface area contributed by atoms with Crippen LogP contribution in [0.25, 0.3) is 0 Å². The lowest BCUT2D eigenvalue weighted by molar-refractivity contribution is 0.314. The molecule has 0 aliphatic rings. The molecular formula is C15H16BrFN2. The number of nitrogens with zero attached hydrogens (tertiary/aromatic N) is 1. The molecule has 2 nitrogen and oxygen atoms in total. The number of nitrogens with two attached hydrogens (primary N) is 1. The molecule has 0 heterocycles. The van der Waals surface area contributed by atoms with Gasteiger partial charge >= 0.3 is 0 Å². The summed E-state index contributed by atoms with van der Waals surface area (Å²) in [7, 11) is 1.95. The zero-order chi connectivity index (χ0) is 13.8. The van der Waals surface area contributed by atoms with E-state index in [1.807, 2.05) is 36.2 Å². The van der Waals surface area contributed by atoms with Crippen LogP contribution in [0.5, 0.6) is 0 Å². The maximum atomic E-state index is 13.6. The maximum absolute atomic E-state index is 13.6. The Balaban J connectivity index is 2.05. The van der Waals surface area contributed by atoms with Gasteiger partial charge in [-0.1, -0.05) is 40.2 Å². The smallest absolute Gasteiger partial charge is 0.127 e. The van der Waals surface area contributed by atoms with Crippen LogP contribution in [0.3, 0.4) is 0 Å². The second-order valence-corrected chi connectivity index (χ2v) is 5.52. The van der Waals surface area contributed by atoms with Crippen molar-refractivity contribution in [2.75, 3.05) is 12.8 Å². The molecule has 0 spiro atoms. The molecule has 0 aromatic heterocycles. The average molecular weight is 323 g/mol. The highest BCUT2D eigenvalue weighted by atomic mass is 79.9. The molecule has 2 aromatic rings. The summed E-state index contributed by atoms with van der Waals surface area (Å²) < 4.78 is 14.5. The first kappa shape index (κ1) is 14.0. The molecule has 0 bridgehead atoms. The highest BCUT2D eigenvalue weighted by Crippen LogP contribution is 2.20. The fraction of sp³-hybridized carbons (Fsp3) is 0.200. The third-order valence-corrected chi connectivity index (χ3v) is 3.44. The van der Waals surface area contributed by atoms with E-state index in [9.17, 15) is 4.39 Å². The zero-order valence-electron chi connectivity index (χ0n) is 10.7. The van der Waals surface area contributed by atoms with E-state index >= 15 is 0 Å². The third-order valence-electron chi connectivity index (χ3n) is 2.95. The van der Waals surface area contributed by atoms with Crippen molar-refractivity contribution in [1.82, 2.24) is 4.90 Å². The van der Waals surface area contributed by atoms with Crippen LogP contribution in [-0.4, -0.2) is 11.9 Å². The van der Waals surface area contributed by atoms with Gasteiger partial charge in [-0.25, -0.2) is 4.39 Å². The van der Waals surface area contributed by atoms with Crippen LogP contribution in [0.2, 0.25) is 0 Å². The standard InChI is InChI=1S/C15H16BrFN2/c1-19(9-11-4-2-3-5-14(11)17)10-12-6-7-13(16)8-15(12)18/h2-8H,9-10,18H2,1H3. The minimum atomic E-state index is -0.168. The molecular weight excluding hydrogens is 307 g/mol. The van der Waals surface area contributed by atoms with Gasteiger partial charge in [0.15, 0.2) is 0 Å². The van der Waals surface area contributed by atoms with E-state index < -0.39 is 0 Å². The van der Waals surface area contributed by atoms with Crippen LogP contribution < -0.4 is 5.73 Å². The molecule has 0 radical (unpaired) electrons. The van der Waals surface area contributed by atoms with Crippen molar-refractivity contribution in [2.24, 2.45) is 0 Å². The summed E-state index contributed by atoms with van der Waals surface area (Å²) in [4.78, 5) is 2.04. The normalized spacial score (nSPS) is 10.9. The molecule has 0 fully saturated rings. The number of nitrogen functional groups attached to an aromatic ring is 1. The van der Waals surface area contributed by atoms with Gasteiger partial charge in [-0.15, -0.1) is 0 Å². The van der Waals surface area contributed by atoms with E-state index in [2.05, 4.69) is 15.9 Å². The van der Waals surface area contributed by atoms with Crippen LogP contribution in [0.15, 0.2) is 46.9 Å². The summed E-state index contributed by atoms with van der Waals surface area (Å²) in [5, 5.41) is 0. The fourth-order valence-electron chi connectivity index (χ4n) is 1.97. The van der Waals surface area contributed by atoms with Crippen molar-refractivity contribution in [3.8, 4) is 0 Å². The van der Waals surface area contributed by atoms with Crippen molar-refractivity contribution in [3.63, 3.8) is 0 Å². The molecule has 0 saturated heterocycles. The van der Waals surface area contributed by atoms with E-state index in [1.165, 1.54) is 6.07 Å². The van der Waals surface area contributed by atoms with Crippen molar-refractivity contribution in [3.05, 3.63) is 63.9 Å². The van der Waals surface area contributed by atoms with Crippen molar-refractivity contribution in [1.29, 1.82) is 0 Å². The van der Waals surface area contributed by atoms with Crippen molar-refractivity contribution in [2.45, 2.75) is 13.1 Å². The van der Waals surface area contributed by atoms with Gasteiger partial charge in [-0.2, -0.15) is 0 Å². The lowest BCUT2D eigenvalue weighted by Gasteiger charge is -2.18. The topological polar surface area (TPSA) is 29.3 Å². The first-order chi connectivity index (χ1) is 9.06. The van der Waals surface area contributed by atoms with Gasteiger partial charge < -0.3 is 5.73 Å². The Labute approximate surface area is 121 Å². The van der Waals surface area contributed by atoms with Crippen LogP contribution in [0.1, 0.15) is 11.1 Å². The number of hydrogen-bond acceptors (Lipinski definition) is 2. The summed E-state index contributed by atoms with van der Waals surface area (Å²) >= 11 is 3.38. The first-order valence-corrected chi connectivity index (χ1v) is 6.81. The summed E-state index contributed by atoms with van der Waals surface area (Å²) in [6, 6.07) is 12.7. The Morgan fingerprint density at radius 3 is 2.47 bits per heavy atom. The first-order valence-electron chi connectivity index (χ1n) is 6.02. The number of anilines is 1. The number of hydrogen-bond donors (Lipinski definition) is 1. The Bertz CT molecular complexity index is 572. The lowest BCUT2D eigenvalue weighted by atomic mass is 10.1. The Morgan fingerprint density at radius 2 is 1.79 bits per heavy atom. The van der Waals surface area contributed by atoms with Crippen molar-refractivity contribution >= 4 is 21.6 Å². The predicted molar refractivity (Wildman–Crippen MR) is 80.1 cm³/mol. The molecule has 100 valence electrons. The summed E-state index contributed by atoms with van der Waals surface area (Å²) in [5.74, 6) is -0.168. The molecule has 0 aliphatic carbocycles. The molecule has 2 rings (SSSR count). The van der Waals surface area contributed by atoms with Gasteiger partial charge in [0.05, 0.1) is 0 Å². The second-order valence-electron chi connectivity index (χ2n) is 4.61. The Kier molecular flexibility index (Phi) is 4.56. The second kappa shape index (κ2) is 6.17. The molecule has 0 aliphatic heterocycles. The van der Waals surface area contributed by atoms with Gasteiger partial charge in [0.2, 0.25) is 0 Å². The zero-order valence-corrected chi connectivity index (χ0v) is 12.3. The maximum Gasteiger partial charge on any atom is 0.127 e. The van der Waals surface area contributed by atoms with E-state index in [1.54, 1.807) is 12.1 Å². The number of rotatable bonds is 4. The molecule has 2 N–H and O–H groups in total. The van der Waals surface area contributed by atoms with Crippen LogP contribution >= 0.6 is 15.9 Å². The van der Waals surface area contributed by atoms with E-state index in [4.69, 9.17) is 5.73 Å². The summed E-state index contributed by atoms with van der Waals surface area (Å²) in [6.45, 7) is 1.25. The van der Waals surface area contributed by atoms with Gasteiger partial charge in [-0.3, -0.25) is 4.90 Å². The summed E-state index contributed by atoms with van der Waals surface area (Å²) in [6.07, 6.45) is 0. The minimum Gasteiger partial charge on any atom is -0.398 e. The molecule has 0 atom stereocenters. The van der Waals surface area contributed by atoms with Gasteiger partial charge in [0, 0.05) is 28.8 Å². The van der Waals surface area contributed by atoms with E-state index in [0.717, 1.165) is 15.7 Å². The largest absolute Gasteiger partial charge is 0.398 e. The quantitative estimate of drug-likeness (QED) is 0.867. The molecule has 0 unspecified atom stereocenters. The summed E-state index contributed by atoms with van der Waals surface area (Å²) in [5.41, 5.74) is 8.45.